The zero-order valence-electron chi connectivity index (χ0n) is 17.8. The molecule has 2 aliphatic rings. The number of aromatic nitrogens is 1. The van der Waals surface area contributed by atoms with Gasteiger partial charge < -0.3 is 20.0 Å². The van der Waals surface area contributed by atoms with Crippen molar-refractivity contribution >= 4 is 16.6 Å². The molecule has 160 valence electrons. The first kappa shape index (κ1) is 21.4. The smallest absolute Gasteiger partial charge is 0.288 e. The number of hydrogen-bond donors (Lipinski definition) is 2. The van der Waals surface area contributed by atoms with Crippen LogP contribution in [0.3, 0.4) is 0 Å². The molecule has 2 N–H and O–H groups in total. The number of anilines is 1. The van der Waals surface area contributed by atoms with Gasteiger partial charge in [0.05, 0.1) is 36.9 Å². The first-order valence-electron chi connectivity index (χ1n) is 10.4. The quantitative estimate of drug-likeness (QED) is 0.757. The molecule has 1 aromatic heterocycles. The third-order valence-corrected chi connectivity index (χ3v) is 5.38. The van der Waals surface area contributed by atoms with Gasteiger partial charge in [0.2, 0.25) is 0 Å². The molecule has 0 spiro atoms. The van der Waals surface area contributed by atoms with Crippen LogP contribution in [0.4, 0.5) is 5.69 Å². The molecular weight excluding hydrogens is 372 g/mol. The lowest BCUT2D eigenvalue weighted by Crippen LogP contribution is -2.46. The number of fused-ring (bicyclic) bond motifs is 3. The van der Waals surface area contributed by atoms with Gasteiger partial charge in [-0.15, -0.1) is 4.73 Å². The first-order valence-corrected chi connectivity index (χ1v) is 10.4. The lowest BCUT2D eigenvalue weighted by atomic mass is 9.99. The molecule has 1 aromatic carbocycles. The first-order chi connectivity index (χ1) is 14.1. The molecule has 3 heterocycles. The van der Waals surface area contributed by atoms with Crippen molar-refractivity contribution in [1.29, 1.82) is 0 Å². The Labute approximate surface area is 171 Å². The standard InChI is InChI=1S/C19H26N4O4.C2H6/c1-21(22-6-8-27-9-7-22)12-13-10-15-17(16(11-13)26-2)18-14(4-3-5-20-18)19(24)23(15)25;1-2/h10-11,20,25H,3-9,12H2,1-2H3;1-2H3. The maximum atomic E-state index is 12.6. The third-order valence-electron chi connectivity index (χ3n) is 5.38. The number of nitrogens with zero attached hydrogens (tertiary/aromatic N) is 3. The molecule has 0 bridgehead atoms. The van der Waals surface area contributed by atoms with Gasteiger partial charge >= 0.3 is 0 Å². The number of morpholine rings is 1. The Hall–Kier alpha value is -2.29. The van der Waals surface area contributed by atoms with Crippen LogP contribution in [-0.2, 0) is 17.7 Å². The molecule has 0 unspecified atom stereocenters. The summed E-state index contributed by atoms with van der Waals surface area (Å²) in [7, 11) is 3.65. The maximum Gasteiger partial charge on any atom is 0.288 e. The topological polar surface area (TPSA) is 79.2 Å². The number of ether oxygens (including phenoxy) is 2. The Morgan fingerprint density at radius 2 is 2.00 bits per heavy atom. The monoisotopic (exact) mass is 404 g/mol. The predicted octanol–water partition coefficient (Wildman–Crippen LogP) is 2.31. The maximum absolute atomic E-state index is 12.6. The predicted molar refractivity (Wildman–Crippen MR) is 114 cm³/mol. The van der Waals surface area contributed by atoms with Crippen molar-refractivity contribution in [2.75, 3.05) is 52.3 Å². The Morgan fingerprint density at radius 1 is 1.28 bits per heavy atom. The third kappa shape index (κ3) is 4.19. The lowest BCUT2D eigenvalue weighted by Gasteiger charge is -2.34. The van der Waals surface area contributed by atoms with E-state index in [4.69, 9.17) is 9.47 Å². The zero-order chi connectivity index (χ0) is 21.0. The summed E-state index contributed by atoms with van der Waals surface area (Å²) >= 11 is 0. The van der Waals surface area contributed by atoms with Crippen molar-refractivity contribution < 1.29 is 14.7 Å². The Balaban J connectivity index is 0.00000117. The van der Waals surface area contributed by atoms with Gasteiger partial charge in [-0.3, -0.25) is 4.79 Å². The molecule has 0 saturated carbocycles. The normalized spacial score (nSPS) is 16.7. The molecule has 2 aliphatic heterocycles. The Kier molecular flexibility index (Phi) is 7.00. The van der Waals surface area contributed by atoms with Gasteiger partial charge in [-0.2, -0.15) is 0 Å². The number of benzene rings is 1. The molecule has 0 radical (unpaired) electrons. The van der Waals surface area contributed by atoms with Crippen molar-refractivity contribution in [3.8, 4) is 5.75 Å². The summed E-state index contributed by atoms with van der Waals surface area (Å²) in [5.74, 6) is 0.659. The van der Waals surface area contributed by atoms with E-state index >= 15 is 0 Å². The van der Waals surface area contributed by atoms with Crippen LogP contribution in [0.15, 0.2) is 16.9 Å². The summed E-state index contributed by atoms with van der Waals surface area (Å²) in [5, 5.41) is 19.0. The molecule has 2 aromatic rings. The summed E-state index contributed by atoms with van der Waals surface area (Å²) in [4.78, 5) is 12.6. The second-order valence-electron chi connectivity index (χ2n) is 7.07. The van der Waals surface area contributed by atoms with Crippen molar-refractivity contribution in [1.82, 2.24) is 14.7 Å². The van der Waals surface area contributed by atoms with E-state index in [0.717, 1.165) is 60.6 Å². The summed E-state index contributed by atoms with van der Waals surface area (Å²) in [5.41, 5.74) is 2.49. The van der Waals surface area contributed by atoms with E-state index in [9.17, 15) is 10.0 Å². The Bertz CT molecular complexity index is 906. The molecule has 8 heteroatoms. The zero-order valence-corrected chi connectivity index (χ0v) is 17.8. The fraction of sp³-hybridized carbons (Fsp3) is 0.571. The molecule has 0 atom stereocenters. The fourth-order valence-electron chi connectivity index (χ4n) is 3.99. The van der Waals surface area contributed by atoms with Crippen molar-refractivity contribution in [3.63, 3.8) is 0 Å². The Morgan fingerprint density at radius 3 is 2.69 bits per heavy atom. The van der Waals surface area contributed by atoms with Gasteiger partial charge in [0.25, 0.3) is 5.56 Å². The minimum Gasteiger partial charge on any atom is -0.496 e. The molecule has 1 fully saturated rings. The molecular formula is C21H32N4O4. The number of rotatable bonds is 4. The van der Waals surface area contributed by atoms with Crippen LogP contribution in [0.25, 0.3) is 10.9 Å². The van der Waals surface area contributed by atoms with E-state index in [1.165, 1.54) is 0 Å². The van der Waals surface area contributed by atoms with Crippen LogP contribution >= 0.6 is 0 Å². The van der Waals surface area contributed by atoms with E-state index in [-0.39, 0.29) is 5.56 Å². The van der Waals surface area contributed by atoms with Crippen LogP contribution in [-0.4, -0.2) is 67.0 Å². The minimum atomic E-state index is -0.356. The summed E-state index contributed by atoms with van der Waals surface area (Å²) in [6.07, 6.45) is 1.53. The van der Waals surface area contributed by atoms with Gasteiger partial charge in [0, 0.05) is 38.8 Å². The number of pyridine rings is 1. The highest BCUT2D eigenvalue weighted by Gasteiger charge is 2.23. The lowest BCUT2D eigenvalue weighted by molar-refractivity contribution is -0.0802. The van der Waals surface area contributed by atoms with E-state index in [1.807, 2.05) is 33.0 Å². The van der Waals surface area contributed by atoms with Crippen molar-refractivity contribution in [3.05, 3.63) is 33.6 Å². The summed E-state index contributed by atoms with van der Waals surface area (Å²) < 4.78 is 11.8. The number of nitrogens with one attached hydrogen (secondary N) is 1. The number of hydrazine groups is 1. The van der Waals surface area contributed by atoms with E-state index in [1.54, 1.807) is 7.11 Å². The minimum absolute atomic E-state index is 0.356. The SMILES string of the molecule is CC.COc1cc(CN(C)N2CCOCC2)cc2c1c1c(c(=O)n2O)CCCN1. The van der Waals surface area contributed by atoms with Gasteiger partial charge in [-0.05, 0) is 30.5 Å². The molecule has 8 nitrogen and oxygen atoms in total. The van der Waals surface area contributed by atoms with Gasteiger partial charge in [0.1, 0.15) is 5.75 Å². The average Bonchev–Trinajstić information content (AvgIpc) is 2.78. The molecule has 0 aliphatic carbocycles. The largest absolute Gasteiger partial charge is 0.496 e. The van der Waals surface area contributed by atoms with E-state index < -0.39 is 0 Å². The number of methoxy groups -OCH3 is 1. The average molecular weight is 405 g/mol. The number of hydrogen-bond acceptors (Lipinski definition) is 7. The highest BCUT2D eigenvalue weighted by Crippen LogP contribution is 2.36. The van der Waals surface area contributed by atoms with E-state index in [2.05, 4.69) is 15.3 Å². The summed E-state index contributed by atoms with van der Waals surface area (Å²) in [6, 6.07) is 3.85. The van der Waals surface area contributed by atoms with Gasteiger partial charge in [-0.1, -0.05) is 13.8 Å². The second-order valence-corrected chi connectivity index (χ2v) is 7.07. The molecule has 0 amide bonds. The van der Waals surface area contributed by atoms with Gasteiger partial charge in [-0.25, -0.2) is 10.0 Å². The second kappa shape index (κ2) is 9.47. The molecule has 1 saturated heterocycles. The van der Waals surface area contributed by atoms with Crippen LogP contribution in [0.2, 0.25) is 0 Å². The van der Waals surface area contributed by atoms with Crippen LogP contribution in [0.5, 0.6) is 5.75 Å². The molecule has 29 heavy (non-hydrogen) atoms. The fourth-order valence-corrected chi connectivity index (χ4v) is 3.99. The highest BCUT2D eigenvalue weighted by molar-refractivity contribution is 5.98. The van der Waals surface area contributed by atoms with Gasteiger partial charge in [0.15, 0.2) is 0 Å². The van der Waals surface area contributed by atoms with Crippen LogP contribution in [0.1, 0.15) is 31.4 Å². The van der Waals surface area contributed by atoms with E-state index in [0.29, 0.717) is 29.8 Å². The van der Waals surface area contributed by atoms with Crippen molar-refractivity contribution in [2.45, 2.75) is 33.2 Å². The summed E-state index contributed by atoms with van der Waals surface area (Å²) in [6.45, 7) is 8.60. The van der Waals surface area contributed by atoms with Crippen molar-refractivity contribution in [2.24, 2.45) is 0 Å². The molecule has 4 rings (SSSR count). The van der Waals surface area contributed by atoms with Crippen LogP contribution < -0.4 is 15.6 Å². The van der Waals surface area contributed by atoms with Crippen LogP contribution in [0, 0.1) is 0 Å². The highest BCUT2D eigenvalue weighted by atomic mass is 16.5.